The molecule has 0 saturated heterocycles. The zero-order chi connectivity index (χ0) is 14.0. The maximum Gasteiger partial charge on any atom is 0.303 e. The molecule has 1 aromatic carbocycles. The smallest absolute Gasteiger partial charge is 0.303 e. The highest BCUT2D eigenvalue weighted by atomic mass is 32.2. The van der Waals surface area contributed by atoms with Crippen LogP contribution in [0.2, 0.25) is 0 Å². The number of hydrogen-bond acceptors (Lipinski definition) is 2. The zero-order valence-corrected chi connectivity index (χ0v) is 11.0. The molecule has 1 saturated carbocycles. The lowest BCUT2D eigenvalue weighted by Gasteiger charge is -2.11. The van der Waals surface area contributed by atoms with Crippen LogP contribution in [0.25, 0.3) is 0 Å². The molecule has 104 valence electrons. The summed E-state index contributed by atoms with van der Waals surface area (Å²) in [4.78, 5) is 10.7. The number of hydrogen-bond donors (Lipinski definition) is 1. The van der Waals surface area contributed by atoms with Gasteiger partial charge in [0, 0.05) is 28.4 Å². The first-order valence-corrected chi connectivity index (χ1v) is 7.39. The van der Waals surface area contributed by atoms with Gasteiger partial charge in [0.2, 0.25) is 0 Å². The normalized spacial score (nSPS) is 18.0. The van der Waals surface area contributed by atoms with E-state index < -0.39 is 28.4 Å². The van der Waals surface area contributed by atoms with Crippen molar-refractivity contribution in [2.75, 3.05) is 5.75 Å². The predicted molar refractivity (Wildman–Crippen MR) is 67.0 cm³/mol. The van der Waals surface area contributed by atoms with Crippen molar-refractivity contribution in [3.05, 3.63) is 35.4 Å². The van der Waals surface area contributed by atoms with Gasteiger partial charge in [0.05, 0.1) is 6.42 Å². The number of carboxylic acid groups (broad SMARTS) is 1. The summed E-state index contributed by atoms with van der Waals surface area (Å²) < 4.78 is 37.9. The monoisotopic (exact) mass is 288 g/mol. The topological polar surface area (TPSA) is 54.4 Å². The van der Waals surface area contributed by atoms with E-state index in [1.807, 2.05) is 0 Å². The molecule has 1 N–H and O–H groups in total. The lowest BCUT2D eigenvalue weighted by Crippen LogP contribution is -2.17. The van der Waals surface area contributed by atoms with Gasteiger partial charge in [-0.2, -0.15) is 0 Å². The van der Waals surface area contributed by atoms with Gasteiger partial charge in [-0.3, -0.25) is 9.00 Å². The number of rotatable bonds is 6. The van der Waals surface area contributed by atoms with E-state index in [0.717, 1.165) is 31.0 Å². The van der Waals surface area contributed by atoms with Crippen LogP contribution in [0.4, 0.5) is 8.78 Å². The summed E-state index contributed by atoms with van der Waals surface area (Å²) in [6.45, 7) is 0. The number of halogens is 2. The Hall–Kier alpha value is -1.30. The Morgan fingerprint density at radius 3 is 2.32 bits per heavy atom. The average molecular weight is 288 g/mol. The first-order valence-electron chi connectivity index (χ1n) is 5.90. The number of carboxylic acids is 1. The molecule has 1 aromatic rings. The van der Waals surface area contributed by atoms with Crippen molar-refractivity contribution in [3.8, 4) is 0 Å². The van der Waals surface area contributed by atoms with Crippen molar-refractivity contribution >= 4 is 16.8 Å². The molecule has 2 rings (SSSR count). The molecular formula is C13H14F2O3S. The fraction of sp³-hybridized carbons (Fsp3) is 0.462. The molecule has 0 spiro atoms. The fourth-order valence-corrected chi connectivity index (χ4v) is 3.86. The van der Waals surface area contributed by atoms with Crippen LogP contribution in [0.1, 0.15) is 24.8 Å². The molecular weight excluding hydrogens is 274 g/mol. The number of carbonyl (C=O) groups is 1. The quantitative estimate of drug-likeness (QED) is 0.875. The van der Waals surface area contributed by atoms with Gasteiger partial charge >= 0.3 is 5.97 Å². The third kappa shape index (κ3) is 4.09. The minimum Gasteiger partial charge on any atom is -0.481 e. The molecule has 3 nitrogen and oxygen atoms in total. The van der Waals surface area contributed by atoms with Crippen LogP contribution < -0.4 is 0 Å². The Kier molecular flexibility index (Phi) is 3.99. The van der Waals surface area contributed by atoms with E-state index in [0.29, 0.717) is 5.56 Å². The van der Waals surface area contributed by atoms with E-state index in [2.05, 4.69) is 0 Å². The van der Waals surface area contributed by atoms with Crippen molar-refractivity contribution < 1.29 is 22.9 Å². The van der Waals surface area contributed by atoms with Crippen molar-refractivity contribution in [1.82, 2.24) is 0 Å². The molecule has 0 aliphatic heterocycles. The zero-order valence-electron chi connectivity index (χ0n) is 10.2. The highest BCUT2D eigenvalue weighted by Gasteiger charge is 2.45. The minimum atomic E-state index is -1.31. The van der Waals surface area contributed by atoms with Crippen LogP contribution in [-0.4, -0.2) is 21.0 Å². The maximum atomic E-state index is 13.0. The van der Waals surface area contributed by atoms with Crippen LogP contribution in [0, 0.1) is 17.0 Å². The van der Waals surface area contributed by atoms with Gasteiger partial charge < -0.3 is 5.11 Å². The van der Waals surface area contributed by atoms with Gasteiger partial charge in [-0.25, -0.2) is 8.78 Å². The summed E-state index contributed by atoms with van der Waals surface area (Å²) in [5, 5.41) is 8.77. The van der Waals surface area contributed by atoms with E-state index in [4.69, 9.17) is 5.11 Å². The molecule has 6 heteroatoms. The first-order chi connectivity index (χ1) is 8.88. The van der Waals surface area contributed by atoms with Gasteiger partial charge in [-0.05, 0) is 36.0 Å². The minimum absolute atomic E-state index is 0.0102. The SMILES string of the molecule is O=C(O)CC1(CS(=O)Cc2cc(F)cc(F)c2)CC1. The van der Waals surface area contributed by atoms with E-state index in [1.54, 1.807) is 0 Å². The van der Waals surface area contributed by atoms with Gasteiger partial charge in [-0.15, -0.1) is 0 Å². The van der Waals surface area contributed by atoms with Crippen LogP contribution in [0.15, 0.2) is 18.2 Å². The molecule has 19 heavy (non-hydrogen) atoms. The second kappa shape index (κ2) is 5.36. The van der Waals surface area contributed by atoms with E-state index >= 15 is 0 Å². The summed E-state index contributed by atoms with van der Waals surface area (Å²) in [5.74, 6) is -1.96. The third-order valence-electron chi connectivity index (χ3n) is 3.20. The second-order valence-corrected chi connectivity index (χ2v) is 6.53. The van der Waals surface area contributed by atoms with Crippen LogP contribution in [0.3, 0.4) is 0 Å². The molecule has 1 atom stereocenters. The summed E-state index contributed by atoms with van der Waals surface area (Å²) in [7, 11) is -1.31. The Balaban J connectivity index is 1.96. The van der Waals surface area contributed by atoms with Crippen LogP contribution >= 0.6 is 0 Å². The standard InChI is InChI=1S/C13H14F2O3S/c14-10-3-9(4-11(15)5-10)7-19(18)8-13(1-2-13)6-12(16)17/h3-5H,1-2,6-8H2,(H,16,17). The Labute approximate surface area is 112 Å². The largest absolute Gasteiger partial charge is 0.481 e. The van der Waals surface area contributed by atoms with Crippen LogP contribution in [0.5, 0.6) is 0 Å². The molecule has 1 unspecified atom stereocenters. The number of aliphatic carboxylic acids is 1. The van der Waals surface area contributed by atoms with Gasteiger partial charge in [0.15, 0.2) is 0 Å². The number of benzene rings is 1. The molecule has 0 bridgehead atoms. The molecule has 1 fully saturated rings. The molecule has 0 heterocycles. The lowest BCUT2D eigenvalue weighted by molar-refractivity contribution is -0.138. The molecule has 0 aromatic heterocycles. The summed E-state index contributed by atoms with van der Waals surface area (Å²) in [6, 6.07) is 3.06. The predicted octanol–water partition coefficient (Wildman–Crippen LogP) is 2.47. The van der Waals surface area contributed by atoms with E-state index in [1.165, 1.54) is 0 Å². The Morgan fingerprint density at radius 1 is 1.26 bits per heavy atom. The molecule has 1 aliphatic carbocycles. The highest BCUT2D eigenvalue weighted by molar-refractivity contribution is 7.84. The van der Waals surface area contributed by atoms with Crippen molar-refractivity contribution in [3.63, 3.8) is 0 Å². The van der Waals surface area contributed by atoms with Crippen molar-refractivity contribution in [1.29, 1.82) is 0 Å². The first kappa shape index (κ1) is 14.1. The lowest BCUT2D eigenvalue weighted by atomic mass is 10.1. The average Bonchev–Trinajstić information content (AvgIpc) is 2.93. The second-order valence-electron chi connectivity index (χ2n) is 5.08. The van der Waals surface area contributed by atoms with Crippen LogP contribution in [-0.2, 0) is 21.3 Å². The summed E-state index contributed by atoms with van der Waals surface area (Å²) in [6.07, 6.45) is 1.52. The summed E-state index contributed by atoms with van der Waals surface area (Å²) >= 11 is 0. The third-order valence-corrected chi connectivity index (χ3v) is 4.79. The van der Waals surface area contributed by atoms with Crippen molar-refractivity contribution in [2.45, 2.75) is 25.0 Å². The summed E-state index contributed by atoms with van der Waals surface area (Å²) in [5.41, 5.74) is -0.0373. The Morgan fingerprint density at radius 2 is 1.84 bits per heavy atom. The fourth-order valence-electron chi connectivity index (χ4n) is 2.14. The van der Waals surface area contributed by atoms with Gasteiger partial charge in [0.25, 0.3) is 0 Å². The molecule has 1 aliphatic rings. The van der Waals surface area contributed by atoms with Gasteiger partial charge in [-0.1, -0.05) is 0 Å². The van der Waals surface area contributed by atoms with Gasteiger partial charge in [0.1, 0.15) is 11.6 Å². The van der Waals surface area contributed by atoms with E-state index in [-0.39, 0.29) is 23.3 Å². The Bertz CT molecular complexity index is 506. The molecule has 0 radical (unpaired) electrons. The molecule has 0 amide bonds. The van der Waals surface area contributed by atoms with Crippen molar-refractivity contribution in [2.24, 2.45) is 5.41 Å². The maximum absolute atomic E-state index is 13.0. The van der Waals surface area contributed by atoms with E-state index in [9.17, 15) is 17.8 Å². The highest BCUT2D eigenvalue weighted by Crippen LogP contribution is 2.49.